The molecule has 24 heavy (non-hydrogen) atoms. The molecule has 0 aromatic carbocycles. The Morgan fingerprint density at radius 1 is 1.29 bits per heavy atom. The molecule has 0 N–H and O–H groups in total. The van der Waals surface area contributed by atoms with E-state index in [1.54, 1.807) is 12.4 Å². The Labute approximate surface area is 139 Å². The molecule has 2 aliphatic heterocycles. The van der Waals surface area contributed by atoms with Crippen molar-refractivity contribution < 1.29 is 13.9 Å². The number of nitrogens with zero attached hydrogens (tertiary/aromatic N) is 4. The van der Waals surface area contributed by atoms with Crippen LogP contribution in [-0.4, -0.2) is 46.9 Å². The maximum Gasteiger partial charge on any atom is 0.225 e. The van der Waals surface area contributed by atoms with Gasteiger partial charge in [-0.05, 0) is 30.9 Å². The zero-order chi connectivity index (χ0) is 16.4. The summed E-state index contributed by atoms with van der Waals surface area (Å²) in [5.41, 5.74) is -0.143. The first kappa shape index (κ1) is 15.3. The van der Waals surface area contributed by atoms with E-state index in [-0.39, 0.29) is 5.60 Å². The van der Waals surface area contributed by atoms with Crippen LogP contribution in [0.5, 0.6) is 5.75 Å². The second kappa shape index (κ2) is 6.32. The molecule has 0 amide bonds. The number of halogens is 1. The average Bonchev–Trinajstić information content (AvgIpc) is 2.99. The molecule has 7 heteroatoms. The topological polar surface area (TPSA) is 60.4 Å². The van der Waals surface area contributed by atoms with Crippen molar-refractivity contribution >= 4 is 5.95 Å². The molecule has 4 heterocycles. The van der Waals surface area contributed by atoms with E-state index in [9.17, 15) is 4.39 Å². The Kier molecular flexibility index (Phi) is 4.02. The highest BCUT2D eigenvalue weighted by Crippen LogP contribution is 2.42. The summed E-state index contributed by atoms with van der Waals surface area (Å²) >= 11 is 0. The summed E-state index contributed by atoms with van der Waals surface area (Å²) in [6, 6.07) is 3.77. The fourth-order valence-electron chi connectivity index (χ4n) is 3.50. The van der Waals surface area contributed by atoms with Crippen molar-refractivity contribution in [2.45, 2.75) is 18.4 Å². The van der Waals surface area contributed by atoms with Crippen LogP contribution in [0.25, 0.3) is 0 Å². The summed E-state index contributed by atoms with van der Waals surface area (Å²) in [7, 11) is 0. The molecular weight excluding hydrogens is 311 g/mol. The van der Waals surface area contributed by atoms with Crippen molar-refractivity contribution in [3.8, 4) is 5.75 Å². The minimum atomic E-state index is -0.420. The van der Waals surface area contributed by atoms with Crippen molar-refractivity contribution in [3.63, 3.8) is 0 Å². The second-order valence-corrected chi connectivity index (χ2v) is 6.28. The zero-order valence-corrected chi connectivity index (χ0v) is 13.3. The zero-order valence-electron chi connectivity index (χ0n) is 13.3. The first-order chi connectivity index (χ1) is 11.8. The minimum absolute atomic E-state index is 0.143. The van der Waals surface area contributed by atoms with Crippen LogP contribution in [-0.2, 0) is 4.74 Å². The van der Waals surface area contributed by atoms with Crippen LogP contribution in [0.2, 0.25) is 0 Å². The smallest absolute Gasteiger partial charge is 0.225 e. The van der Waals surface area contributed by atoms with E-state index >= 15 is 0 Å². The van der Waals surface area contributed by atoms with Crippen molar-refractivity contribution in [1.29, 1.82) is 0 Å². The van der Waals surface area contributed by atoms with E-state index in [4.69, 9.17) is 9.47 Å². The summed E-state index contributed by atoms with van der Waals surface area (Å²) in [4.78, 5) is 14.1. The molecular formula is C17H19FN4O2. The fraction of sp³-hybridized carbons (Fsp3) is 0.471. The van der Waals surface area contributed by atoms with Crippen LogP contribution in [0.3, 0.4) is 0 Å². The summed E-state index contributed by atoms with van der Waals surface area (Å²) in [6.07, 6.45) is 7.82. The Morgan fingerprint density at radius 3 is 2.88 bits per heavy atom. The van der Waals surface area contributed by atoms with Gasteiger partial charge >= 0.3 is 0 Å². The molecule has 1 atom stereocenters. The third-order valence-corrected chi connectivity index (χ3v) is 4.78. The van der Waals surface area contributed by atoms with Crippen LogP contribution in [0.4, 0.5) is 10.3 Å². The standard InChI is InChI=1S/C17H19FN4O2/c18-14-8-20-16(21-9-14)22-11-17(12-22)13(4-7-24-17)3-6-23-15-2-1-5-19-10-15/h1-2,5,8-10,13H,3-4,6-7,11-12H2/t13-/m0/s1. The van der Waals surface area contributed by atoms with Gasteiger partial charge in [0.1, 0.15) is 11.4 Å². The lowest BCUT2D eigenvalue weighted by atomic mass is 9.79. The predicted molar refractivity (Wildman–Crippen MR) is 85.3 cm³/mol. The van der Waals surface area contributed by atoms with Gasteiger partial charge in [-0.15, -0.1) is 0 Å². The minimum Gasteiger partial charge on any atom is -0.492 e. The van der Waals surface area contributed by atoms with Crippen LogP contribution >= 0.6 is 0 Å². The Hall–Kier alpha value is -2.28. The van der Waals surface area contributed by atoms with Crippen molar-refractivity contribution in [2.75, 3.05) is 31.2 Å². The van der Waals surface area contributed by atoms with Crippen molar-refractivity contribution in [3.05, 3.63) is 42.7 Å². The van der Waals surface area contributed by atoms with E-state index in [0.717, 1.165) is 38.3 Å². The van der Waals surface area contributed by atoms with Gasteiger partial charge in [-0.25, -0.2) is 14.4 Å². The molecule has 0 radical (unpaired) electrons. The first-order valence-electron chi connectivity index (χ1n) is 8.14. The van der Waals surface area contributed by atoms with E-state index in [1.807, 2.05) is 17.0 Å². The van der Waals surface area contributed by atoms with Gasteiger partial charge in [0.05, 0.1) is 38.3 Å². The van der Waals surface area contributed by atoms with Gasteiger partial charge in [-0.3, -0.25) is 4.98 Å². The lowest BCUT2D eigenvalue weighted by Gasteiger charge is -2.50. The van der Waals surface area contributed by atoms with E-state index in [1.165, 1.54) is 12.4 Å². The summed E-state index contributed by atoms with van der Waals surface area (Å²) in [6.45, 7) is 2.91. The van der Waals surface area contributed by atoms with Crippen molar-refractivity contribution in [1.82, 2.24) is 15.0 Å². The number of hydrogen-bond donors (Lipinski definition) is 0. The lowest BCUT2D eigenvalue weighted by Crippen LogP contribution is -2.65. The normalized spacial score (nSPS) is 21.7. The first-order valence-corrected chi connectivity index (χ1v) is 8.14. The van der Waals surface area contributed by atoms with Gasteiger partial charge < -0.3 is 14.4 Å². The SMILES string of the molecule is Fc1cnc(N2CC3(C2)OCC[C@@H]3CCOc2cccnc2)nc1. The van der Waals surface area contributed by atoms with E-state index in [0.29, 0.717) is 18.5 Å². The van der Waals surface area contributed by atoms with E-state index < -0.39 is 5.82 Å². The van der Waals surface area contributed by atoms with Gasteiger partial charge in [0.2, 0.25) is 5.95 Å². The quantitative estimate of drug-likeness (QED) is 0.836. The maximum atomic E-state index is 12.9. The molecule has 2 fully saturated rings. The Morgan fingerprint density at radius 2 is 2.12 bits per heavy atom. The number of anilines is 1. The summed E-state index contributed by atoms with van der Waals surface area (Å²) < 4.78 is 24.7. The van der Waals surface area contributed by atoms with Gasteiger partial charge in [-0.2, -0.15) is 0 Å². The van der Waals surface area contributed by atoms with E-state index in [2.05, 4.69) is 15.0 Å². The molecule has 1 spiro atoms. The molecule has 2 aromatic heterocycles. The van der Waals surface area contributed by atoms with Gasteiger partial charge in [0, 0.05) is 12.8 Å². The molecule has 6 nitrogen and oxygen atoms in total. The molecule has 2 aliphatic rings. The van der Waals surface area contributed by atoms with Crippen LogP contribution in [0, 0.1) is 11.7 Å². The monoisotopic (exact) mass is 330 g/mol. The number of ether oxygens (including phenoxy) is 2. The second-order valence-electron chi connectivity index (χ2n) is 6.28. The lowest BCUT2D eigenvalue weighted by molar-refractivity contribution is -0.0481. The molecule has 2 aromatic rings. The summed E-state index contributed by atoms with van der Waals surface area (Å²) in [5.74, 6) is 1.38. The number of aromatic nitrogens is 3. The number of pyridine rings is 1. The Balaban J connectivity index is 1.32. The van der Waals surface area contributed by atoms with Gasteiger partial charge in [0.25, 0.3) is 0 Å². The van der Waals surface area contributed by atoms with Gasteiger partial charge in [-0.1, -0.05) is 0 Å². The largest absolute Gasteiger partial charge is 0.492 e. The van der Waals surface area contributed by atoms with Crippen LogP contribution in [0.1, 0.15) is 12.8 Å². The highest BCUT2D eigenvalue weighted by Gasteiger charge is 2.53. The highest BCUT2D eigenvalue weighted by molar-refractivity contribution is 5.38. The predicted octanol–water partition coefficient (Wildman–Crippen LogP) is 2.08. The molecule has 4 rings (SSSR count). The molecule has 126 valence electrons. The Bertz CT molecular complexity index is 677. The number of rotatable bonds is 5. The van der Waals surface area contributed by atoms with Gasteiger partial charge in [0.15, 0.2) is 5.82 Å². The van der Waals surface area contributed by atoms with Crippen molar-refractivity contribution in [2.24, 2.45) is 5.92 Å². The molecule has 0 bridgehead atoms. The third kappa shape index (κ3) is 2.91. The van der Waals surface area contributed by atoms with Crippen LogP contribution < -0.4 is 9.64 Å². The molecule has 0 unspecified atom stereocenters. The molecule has 2 saturated heterocycles. The molecule has 0 aliphatic carbocycles. The number of hydrogen-bond acceptors (Lipinski definition) is 6. The highest BCUT2D eigenvalue weighted by atomic mass is 19.1. The average molecular weight is 330 g/mol. The molecule has 0 saturated carbocycles. The fourth-order valence-corrected chi connectivity index (χ4v) is 3.50. The summed E-state index contributed by atoms with van der Waals surface area (Å²) in [5, 5.41) is 0. The van der Waals surface area contributed by atoms with Crippen LogP contribution in [0.15, 0.2) is 36.9 Å². The third-order valence-electron chi connectivity index (χ3n) is 4.78. The maximum absolute atomic E-state index is 12.9.